The highest BCUT2D eigenvalue weighted by atomic mass is 19.1. The molecule has 3 aromatic rings. The molecule has 0 saturated carbocycles. The molecule has 1 heterocycles. The van der Waals surface area contributed by atoms with Crippen LogP contribution in [0.1, 0.15) is 23.8 Å². The van der Waals surface area contributed by atoms with E-state index in [9.17, 15) is 14.0 Å². The lowest BCUT2D eigenvalue weighted by Gasteiger charge is -2.19. The number of benzene rings is 2. The number of aromatic nitrogens is 2. The molecule has 0 atom stereocenters. The molecule has 7 heteroatoms. The molecular formula is C21H23FN4O2. The summed E-state index contributed by atoms with van der Waals surface area (Å²) in [6.07, 6.45) is 0.641. The Balaban J connectivity index is 1.66. The Morgan fingerprint density at radius 2 is 1.82 bits per heavy atom. The normalized spacial score (nSPS) is 10.8. The smallest absolute Gasteiger partial charge is 0.274 e. The first kappa shape index (κ1) is 19.5. The number of hydrogen-bond donors (Lipinski definition) is 1. The lowest BCUT2D eigenvalue weighted by Crippen LogP contribution is -2.32. The molecule has 0 bridgehead atoms. The van der Waals surface area contributed by atoms with Gasteiger partial charge in [0.15, 0.2) is 5.69 Å². The van der Waals surface area contributed by atoms with Crippen molar-refractivity contribution < 1.29 is 9.18 Å². The maximum atomic E-state index is 13.8. The minimum absolute atomic E-state index is 0.207. The zero-order valence-electron chi connectivity index (χ0n) is 16.0. The fourth-order valence-corrected chi connectivity index (χ4v) is 3.10. The number of carbonyl (C=O) groups is 1. The Kier molecular flexibility index (Phi) is 6.03. The number of fused-ring (bicyclic) bond motifs is 1. The standard InChI is InChI=1S/C21H23FN4O2/c1-3-26-21(28)16-10-5-4-9-15(16)19(24-26)20(27)23-13-8-14-25(2)18-12-7-6-11-17(18)22/h4-7,9-12H,3,8,13-14H2,1-2H3,(H,23,27). The van der Waals surface area contributed by atoms with Gasteiger partial charge >= 0.3 is 0 Å². The van der Waals surface area contributed by atoms with E-state index in [-0.39, 0.29) is 23.0 Å². The Labute approximate surface area is 162 Å². The number of rotatable bonds is 7. The number of anilines is 1. The molecule has 0 radical (unpaired) electrons. The Bertz CT molecular complexity index is 1050. The van der Waals surface area contributed by atoms with Crippen molar-refractivity contribution in [3.05, 3.63) is 70.4 Å². The van der Waals surface area contributed by atoms with Crippen molar-refractivity contribution in [3.8, 4) is 0 Å². The zero-order valence-corrected chi connectivity index (χ0v) is 16.0. The molecule has 1 N–H and O–H groups in total. The van der Waals surface area contributed by atoms with Crippen molar-refractivity contribution in [2.45, 2.75) is 19.9 Å². The van der Waals surface area contributed by atoms with Crippen LogP contribution < -0.4 is 15.8 Å². The van der Waals surface area contributed by atoms with Gasteiger partial charge < -0.3 is 10.2 Å². The molecule has 0 spiro atoms. The van der Waals surface area contributed by atoms with Gasteiger partial charge in [-0.15, -0.1) is 0 Å². The van der Waals surface area contributed by atoms with Gasteiger partial charge in [-0.2, -0.15) is 5.10 Å². The number of halogens is 1. The predicted octanol–water partition coefficient (Wildman–Crippen LogP) is 2.81. The van der Waals surface area contributed by atoms with Gasteiger partial charge in [-0.1, -0.05) is 30.3 Å². The number of aryl methyl sites for hydroxylation is 1. The van der Waals surface area contributed by atoms with Crippen LogP contribution >= 0.6 is 0 Å². The van der Waals surface area contributed by atoms with Crippen molar-refractivity contribution in [3.63, 3.8) is 0 Å². The average Bonchev–Trinajstić information content (AvgIpc) is 2.71. The Morgan fingerprint density at radius 1 is 1.14 bits per heavy atom. The minimum Gasteiger partial charge on any atom is -0.372 e. The van der Waals surface area contributed by atoms with Gasteiger partial charge in [-0.3, -0.25) is 9.59 Å². The molecule has 3 rings (SSSR count). The molecule has 6 nitrogen and oxygen atoms in total. The van der Waals surface area contributed by atoms with E-state index in [1.54, 1.807) is 42.5 Å². The van der Waals surface area contributed by atoms with Gasteiger partial charge in [-0.05, 0) is 31.5 Å². The van der Waals surface area contributed by atoms with Gasteiger partial charge in [0.25, 0.3) is 11.5 Å². The number of hydrogen-bond acceptors (Lipinski definition) is 4. The molecule has 0 aliphatic carbocycles. The van der Waals surface area contributed by atoms with E-state index in [4.69, 9.17) is 0 Å². The molecule has 0 fully saturated rings. The minimum atomic E-state index is -0.327. The second kappa shape index (κ2) is 8.65. The Morgan fingerprint density at radius 3 is 2.54 bits per heavy atom. The maximum absolute atomic E-state index is 13.8. The quantitative estimate of drug-likeness (QED) is 0.638. The third kappa shape index (κ3) is 4.03. The first-order valence-electron chi connectivity index (χ1n) is 9.26. The molecule has 1 aromatic heterocycles. The second-order valence-electron chi connectivity index (χ2n) is 6.50. The summed E-state index contributed by atoms with van der Waals surface area (Å²) >= 11 is 0. The van der Waals surface area contributed by atoms with Crippen LogP contribution in [0.15, 0.2) is 53.3 Å². The summed E-state index contributed by atoms with van der Waals surface area (Å²) in [7, 11) is 1.81. The van der Waals surface area contributed by atoms with Crippen molar-refractivity contribution >= 4 is 22.4 Å². The molecule has 0 aliphatic rings. The van der Waals surface area contributed by atoms with Gasteiger partial charge in [-0.25, -0.2) is 9.07 Å². The lowest BCUT2D eigenvalue weighted by atomic mass is 10.1. The summed E-state index contributed by atoms with van der Waals surface area (Å²) in [6, 6.07) is 13.6. The summed E-state index contributed by atoms with van der Waals surface area (Å²) < 4.78 is 15.1. The third-order valence-electron chi connectivity index (χ3n) is 4.60. The van der Waals surface area contributed by atoms with Crippen LogP contribution in [0, 0.1) is 5.82 Å². The van der Waals surface area contributed by atoms with Crippen LogP contribution in [-0.4, -0.2) is 35.8 Å². The molecule has 2 aromatic carbocycles. The summed E-state index contributed by atoms with van der Waals surface area (Å²) in [5.41, 5.74) is 0.553. The van der Waals surface area contributed by atoms with Crippen LogP contribution in [0.5, 0.6) is 0 Å². The van der Waals surface area contributed by atoms with Gasteiger partial charge in [0.05, 0.1) is 11.1 Å². The molecule has 1 amide bonds. The zero-order chi connectivity index (χ0) is 20.1. The topological polar surface area (TPSA) is 67.2 Å². The molecule has 0 saturated heterocycles. The van der Waals surface area contributed by atoms with Crippen LogP contribution in [0.4, 0.5) is 10.1 Å². The van der Waals surface area contributed by atoms with E-state index < -0.39 is 0 Å². The van der Waals surface area contributed by atoms with Crippen molar-refractivity contribution in [1.82, 2.24) is 15.1 Å². The average molecular weight is 382 g/mol. The number of para-hydroxylation sites is 1. The summed E-state index contributed by atoms with van der Waals surface area (Å²) in [5.74, 6) is -0.599. The molecular weight excluding hydrogens is 359 g/mol. The second-order valence-corrected chi connectivity index (χ2v) is 6.50. The fourth-order valence-electron chi connectivity index (χ4n) is 3.10. The van der Waals surface area contributed by atoms with Gasteiger partial charge in [0.1, 0.15) is 5.82 Å². The largest absolute Gasteiger partial charge is 0.372 e. The number of nitrogens with one attached hydrogen (secondary N) is 1. The third-order valence-corrected chi connectivity index (χ3v) is 4.60. The van der Waals surface area contributed by atoms with Crippen molar-refractivity contribution in [2.24, 2.45) is 0 Å². The highest BCUT2D eigenvalue weighted by molar-refractivity contribution is 6.04. The van der Waals surface area contributed by atoms with E-state index in [0.717, 1.165) is 0 Å². The van der Waals surface area contributed by atoms with E-state index in [1.165, 1.54) is 10.7 Å². The summed E-state index contributed by atoms with van der Waals surface area (Å²) in [5, 5.41) is 8.09. The highest BCUT2D eigenvalue weighted by Gasteiger charge is 2.16. The fraction of sp³-hybridized carbons (Fsp3) is 0.286. The van der Waals surface area contributed by atoms with Crippen LogP contribution in [0.2, 0.25) is 0 Å². The molecule has 0 aliphatic heterocycles. The number of carbonyl (C=O) groups excluding carboxylic acids is 1. The highest BCUT2D eigenvalue weighted by Crippen LogP contribution is 2.17. The van der Waals surface area contributed by atoms with Crippen molar-refractivity contribution in [2.75, 3.05) is 25.0 Å². The van der Waals surface area contributed by atoms with E-state index >= 15 is 0 Å². The number of nitrogens with zero attached hydrogens (tertiary/aromatic N) is 3. The molecule has 0 unspecified atom stereocenters. The predicted molar refractivity (Wildman–Crippen MR) is 108 cm³/mol. The summed E-state index contributed by atoms with van der Waals surface area (Å²) in [6.45, 7) is 3.20. The maximum Gasteiger partial charge on any atom is 0.274 e. The van der Waals surface area contributed by atoms with Gasteiger partial charge in [0.2, 0.25) is 0 Å². The van der Waals surface area contributed by atoms with E-state index in [1.807, 2.05) is 18.9 Å². The van der Waals surface area contributed by atoms with Crippen molar-refractivity contribution in [1.29, 1.82) is 0 Å². The first-order chi connectivity index (χ1) is 13.5. The monoisotopic (exact) mass is 382 g/mol. The van der Waals surface area contributed by atoms with Gasteiger partial charge in [0, 0.05) is 32.1 Å². The molecule has 28 heavy (non-hydrogen) atoms. The Hall–Kier alpha value is -3.22. The van der Waals surface area contributed by atoms with E-state index in [0.29, 0.717) is 42.5 Å². The van der Waals surface area contributed by atoms with Crippen LogP contribution in [-0.2, 0) is 6.54 Å². The van der Waals surface area contributed by atoms with E-state index in [2.05, 4.69) is 10.4 Å². The summed E-state index contributed by atoms with van der Waals surface area (Å²) in [4.78, 5) is 26.8. The first-order valence-corrected chi connectivity index (χ1v) is 9.26. The number of amides is 1. The van der Waals surface area contributed by atoms with Crippen LogP contribution in [0.25, 0.3) is 10.8 Å². The SMILES string of the molecule is CCn1nc(C(=O)NCCCN(C)c2ccccc2F)c2ccccc2c1=O. The lowest BCUT2D eigenvalue weighted by molar-refractivity contribution is 0.0948. The molecule has 146 valence electrons. The van der Waals surface area contributed by atoms with Crippen LogP contribution in [0.3, 0.4) is 0 Å².